The van der Waals surface area contributed by atoms with Crippen molar-refractivity contribution in [3.05, 3.63) is 35.4 Å². The first-order chi connectivity index (χ1) is 6.77. The molecule has 0 aromatic heterocycles. The van der Waals surface area contributed by atoms with Gasteiger partial charge in [0.05, 0.1) is 6.61 Å². The van der Waals surface area contributed by atoms with Crippen molar-refractivity contribution in [3.8, 4) is 0 Å². The van der Waals surface area contributed by atoms with Crippen LogP contribution in [0.15, 0.2) is 29.8 Å². The van der Waals surface area contributed by atoms with Gasteiger partial charge >= 0.3 is 5.97 Å². The van der Waals surface area contributed by atoms with Crippen molar-refractivity contribution in [1.29, 1.82) is 0 Å². The molecule has 72 valence electrons. The third kappa shape index (κ3) is 1.62. The first-order valence-electron chi connectivity index (χ1n) is 4.49. The predicted molar refractivity (Wildman–Crippen MR) is 54.4 cm³/mol. The number of ether oxygens (including phenoxy) is 1. The van der Waals surface area contributed by atoms with Crippen molar-refractivity contribution in [2.75, 3.05) is 12.3 Å². The second-order valence-corrected chi connectivity index (χ2v) is 3.18. The maximum Gasteiger partial charge on any atom is 0.334 e. The summed E-state index contributed by atoms with van der Waals surface area (Å²) in [5.74, 6) is -0.228. The Labute approximate surface area is 82.2 Å². The van der Waals surface area contributed by atoms with Crippen molar-refractivity contribution in [2.24, 2.45) is 0 Å². The third-order valence-corrected chi connectivity index (χ3v) is 2.19. The number of nitrogens with two attached hydrogens (primary N) is 1. The van der Waals surface area contributed by atoms with Gasteiger partial charge in [-0.1, -0.05) is 18.2 Å². The summed E-state index contributed by atoms with van der Waals surface area (Å²) >= 11 is 0. The molecule has 0 amide bonds. The quantitative estimate of drug-likeness (QED) is 0.414. The van der Waals surface area contributed by atoms with E-state index in [0.29, 0.717) is 24.3 Å². The van der Waals surface area contributed by atoms with Crippen molar-refractivity contribution >= 4 is 17.7 Å². The van der Waals surface area contributed by atoms with Crippen LogP contribution in [0.4, 0.5) is 5.69 Å². The smallest absolute Gasteiger partial charge is 0.334 e. The van der Waals surface area contributed by atoms with E-state index >= 15 is 0 Å². The van der Waals surface area contributed by atoms with Gasteiger partial charge in [0, 0.05) is 17.7 Å². The molecular weight excluding hydrogens is 178 g/mol. The molecule has 1 fully saturated rings. The number of cyclic esters (lactones) is 1. The molecular formula is C11H11NO2. The Morgan fingerprint density at radius 3 is 2.79 bits per heavy atom. The highest BCUT2D eigenvalue weighted by Crippen LogP contribution is 2.20. The Balaban J connectivity index is 2.33. The zero-order valence-electron chi connectivity index (χ0n) is 7.69. The van der Waals surface area contributed by atoms with E-state index in [-0.39, 0.29) is 5.97 Å². The number of nitrogen functional groups attached to an aromatic ring is 1. The molecule has 1 aromatic rings. The van der Waals surface area contributed by atoms with Crippen LogP contribution in [0, 0.1) is 0 Å². The van der Waals surface area contributed by atoms with Crippen LogP contribution < -0.4 is 5.73 Å². The molecule has 3 nitrogen and oxygen atoms in total. The van der Waals surface area contributed by atoms with Crippen LogP contribution in [-0.4, -0.2) is 12.6 Å². The number of hydrogen-bond acceptors (Lipinski definition) is 3. The van der Waals surface area contributed by atoms with Gasteiger partial charge in [0.25, 0.3) is 0 Å². The zero-order valence-corrected chi connectivity index (χ0v) is 7.69. The Morgan fingerprint density at radius 2 is 2.14 bits per heavy atom. The largest absolute Gasteiger partial charge is 0.462 e. The number of esters is 1. The van der Waals surface area contributed by atoms with E-state index in [1.165, 1.54) is 0 Å². The molecule has 0 unspecified atom stereocenters. The Hall–Kier alpha value is -1.77. The zero-order chi connectivity index (χ0) is 9.97. The fraction of sp³-hybridized carbons (Fsp3) is 0.182. The van der Waals surface area contributed by atoms with Crippen LogP contribution in [0.1, 0.15) is 12.0 Å². The lowest BCUT2D eigenvalue weighted by molar-refractivity contribution is -0.134. The summed E-state index contributed by atoms with van der Waals surface area (Å²) in [7, 11) is 0. The molecule has 1 heterocycles. The number of carbonyl (C=O) groups excluding carboxylic acids is 1. The number of rotatable bonds is 1. The standard InChI is InChI=1S/C11H11NO2/c12-10-4-2-1-3-8(10)7-9-5-6-14-11(9)13/h1-4,7H,5-6,12H2. The second-order valence-electron chi connectivity index (χ2n) is 3.18. The summed E-state index contributed by atoms with van der Waals surface area (Å²) in [6.45, 7) is 0.484. The van der Waals surface area contributed by atoms with Gasteiger partial charge in [-0.3, -0.25) is 0 Å². The molecule has 1 saturated heterocycles. The molecule has 1 aliphatic heterocycles. The molecule has 1 aromatic carbocycles. The van der Waals surface area contributed by atoms with Crippen molar-refractivity contribution in [2.45, 2.75) is 6.42 Å². The molecule has 14 heavy (non-hydrogen) atoms. The van der Waals surface area contributed by atoms with Gasteiger partial charge in [-0.2, -0.15) is 0 Å². The van der Waals surface area contributed by atoms with E-state index < -0.39 is 0 Å². The van der Waals surface area contributed by atoms with Crippen LogP contribution >= 0.6 is 0 Å². The first-order valence-corrected chi connectivity index (χ1v) is 4.49. The molecule has 0 atom stereocenters. The third-order valence-electron chi connectivity index (χ3n) is 2.19. The highest BCUT2D eigenvalue weighted by molar-refractivity contribution is 5.96. The molecule has 0 radical (unpaired) electrons. The topological polar surface area (TPSA) is 52.3 Å². The molecule has 2 N–H and O–H groups in total. The normalized spacial score (nSPS) is 18.6. The van der Waals surface area contributed by atoms with Gasteiger partial charge in [0.2, 0.25) is 0 Å². The molecule has 2 rings (SSSR count). The second kappa shape index (κ2) is 3.54. The van der Waals surface area contributed by atoms with Crippen LogP contribution in [0.5, 0.6) is 0 Å². The Kier molecular flexibility index (Phi) is 2.23. The fourth-order valence-corrected chi connectivity index (χ4v) is 1.41. The summed E-state index contributed by atoms with van der Waals surface area (Å²) in [5.41, 5.74) is 8.00. The minimum absolute atomic E-state index is 0.228. The van der Waals surface area contributed by atoms with Gasteiger partial charge < -0.3 is 10.5 Å². The molecule has 1 aliphatic rings. The van der Waals surface area contributed by atoms with Gasteiger partial charge in [-0.05, 0) is 17.7 Å². The van der Waals surface area contributed by atoms with Crippen LogP contribution in [-0.2, 0) is 9.53 Å². The fourth-order valence-electron chi connectivity index (χ4n) is 1.41. The first kappa shape index (κ1) is 8.81. The maximum absolute atomic E-state index is 11.2. The van der Waals surface area contributed by atoms with Gasteiger partial charge in [0.15, 0.2) is 0 Å². The highest BCUT2D eigenvalue weighted by Gasteiger charge is 2.18. The van der Waals surface area contributed by atoms with E-state index in [2.05, 4.69) is 0 Å². The van der Waals surface area contributed by atoms with Crippen LogP contribution in [0.2, 0.25) is 0 Å². The average molecular weight is 189 g/mol. The number of benzene rings is 1. The molecule has 0 bridgehead atoms. The summed E-state index contributed by atoms with van der Waals surface area (Å²) in [6.07, 6.45) is 2.47. The van der Waals surface area contributed by atoms with E-state index in [1.807, 2.05) is 24.3 Å². The van der Waals surface area contributed by atoms with Crippen LogP contribution in [0.3, 0.4) is 0 Å². The lowest BCUT2D eigenvalue weighted by Crippen LogP contribution is -1.95. The summed E-state index contributed by atoms with van der Waals surface area (Å²) in [4.78, 5) is 11.2. The lowest BCUT2D eigenvalue weighted by Gasteiger charge is -1.99. The minimum atomic E-state index is -0.228. The van der Waals surface area contributed by atoms with E-state index in [9.17, 15) is 4.79 Å². The predicted octanol–water partition coefficient (Wildman–Crippen LogP) is 1.60. The number of para-hydroxylation sites is 1. The number of hydrogen-bond donors (Lipinski definition) is 1. The monoisotopic (exact) mass is 189 g/mol. The summed E-state index contributed by atoms with van der Waals surface area (Å²) in [5, 5.41) is 0. The lowest BCUT2D eigenvalue weighted by atomic mass is 10.1. The maximum atomic E-state index is 11.2. The molecule has 0 saturated carbocycles. The van der Waals surface area contributed by atoms with Crippen molar-refractivity contribution in [3.63, 3.8) is 0 Å². The van der Waals surface area contributed by atoms with E-state index in [1.54, 1.807) is 6.08 Å². The summed E-state index contributed by atoms with van der Waals surface area (Å²) < 4.78 is 4.83. The minimum Gasteiger partial charge on any atom is -0.462 e. The number of carbonyl (C=O) groups is 1. The number of anilines is 1. The van der Waals surface area contributed by atoms with Crippen molar-refractivity contribution in [1.82, 2.24) is 0 Å². The van der Waals surface area contributed by atoms with Gasteiger partial charge in [-0.25, -0.2) is 4.79 Å². The Morgan fingerprint density at radius 1 is 1.36 bits per heavy atom. The van der Waals surface area contributed by atoms with E-state index in [0.717, 1.165) is 5.56 Å². The van der Waals surface area contributed by atoms with Gasteiger partial charge in [-0.15, -0.1) is 0 Å². The molecule has 0 spiro atoms. The Bertz CT molecular complexity index is 396. The SMILES string of the molecule is Nc1ccccc1C=C1CCOC1=O. The van der Waals surface area contributed by atoms with Gasteiger partial charge in [0.1, 0.15) is 0 Å². The average Bonchev–Trinajstić information content (AvgIpc) is 2.56. The van der Waals surface area contributed by atoms with Crippen molar-refractivity contribution < 1.29 is 9.53 Å². The summed E-state index contributed by atoms with van der Waals surface area (Å²) in [6, 6.07) is 7.45. The van der Waals surface area contributed by atoms with Crippen LogP contribution in [0.25, 0.3) is 6.08 Å². The van der Waals surface area contributed by atoms with E-state index in [4.69, 9.17) is 10.5 Å². The highest BCUT2D eigenvalue weighted by atomic mass is 16.5. The molecule has 0 aliphatic carbocycles. The molecule has 3 heteroatoms.